The average Bonchev–Trinajstić information content (AvgIpc) is 1.99. The average molecular weight is 286 g/mol. The molecule has 11 heavy (non-hydrogen) atoms. The Morgan fingerprint density at radius 3 is 2.64 bits per heavy atom. The fraction of sp³-hybridized carbons (Fsp3) is 0.143. The van der Waals surface area contributed by atoms with Crippen LogP contribution in [0, 0.1) is 9.39 Å². The lowest BCUT2D eigenvalue weighted by molar-refractivity contribution is 0.281. The molecule has 0 radical (unpaired) electrons. The summed E-state index contributed by atoms with van der Waals surface area (Å²) >= 11 is 7.34. The minimum absolute atomic E-state index is 0.0564. The third-order valence-corrected chi connectivity index (χ3v) is 2.29. The van der Waals surface area contributed by atoms with E-state index < -0.39 is 5.82 Å². The van der Waals surface area contributed by atoms with Gasteiger partial charge in [-0.15, -0.1) is 0 Å². The second kappa shape index (κ2) is 3.69. The van der Waals surface area contributed by atoms with Crippen LogP contribution in [0.4, 0.5) is 4.39 Å². The summed E-state index contributed by atoms with van der Waals surface area (Å²) < 4.78 is 13.3. The summed E-state index contributed by atoms with van der Waals surface area (Å²) in [5.41, 5.74) is 0.626. The van der Waals surface area contributed by atoms with Crippen LogP contribution in [0.3, 0.4) is 0 Å². The van der Waals surface area contributed by atoms with Gasteiger partial charge in [-0.2, -0.15) is 0 Å². The summed E-state index contributed by atoms with van der Waals surface area (Å²) in [5.74, 6) is -0.426. The minimum Gasteiger partial charge on any atom is -0.392 e. The Hall–Kier alpha value is 0.130. The predicted molar refractivity (Wildman–Crippen MR) is 50.0 cm³/mol. The monoisotopic (exact) mass is 286 g/mol. The summed E-state index contributed by atoms with van der Waals surface area (Å²) in [5, 5.41) is 8.75. The maximum atomic E-state index is 12.8. The minimum atomic E-state index is -0.426. The van der Waals surface area contributed by atoms with Crippen LogP contribution in [0.1, 0.15) is 5.56 Å². The van der Waals surface area contributed by atoms with E-state index >= 15 is 0 Å². The standard InChI is InChI=1S/C7H5ClFIO/c8-5-1-4(3-11)2-6(10)7(5)9/h1-2,11H,3H2. The van der Waals surface area contributed by atoms with Crippen LogP contribution < -0.4 is 0 Å². The number of aliphatic hydroxyl groups excluding tert-OH is 1. The molecule has 1 aromatic carbocycles. The molecule has 1 rings (SSSR count). The molecule has 0 heterocycles. The van der Waals surface area contributed by atoms with Gasteiger partial charge in [0, 0.05) is 0 Å². The second-order valence-corrected chi connectivity index (χ2v) is 3.60. The Morgan fingerprint density at radius 1 is 1.55 bits per heavy atom. The van der Waals surface area contributed by atoms with Crippen molar-refractivity contribution in [2.24, 2.45) is 0 Å². The van der Waals surface area contributed by atoms with E-state index in [0.29, 0.717) is 9.13 Å². The van der Waals surface area contributed by atoms with Crippen LogP contribution in [0.2, 0.25) is 5.02 Å². The molecule has 0 aliphatic carbocycles. The molecule has 1 aromatic rings. The molecular weight excluding hydrogens is 281 g/mol. The third-order valence-electron chi connectivity index (χ3n) is 1.23. The highest BCUT2D eigenvalue weighted by Crippen LogP contribution is 2.21. The van der Waals surface area contributed by atoms with E-state index in [1.165, 1.54) is 6.07 Å². The topological polar surface area (TPSA) is 20.2 Å². The first-order chi connectivity index (χ1) is 5.15. The number of hydrogen-bond donors (Lipinski definition) is 1. The van der Waals surface area contributed by atoms with E-state index in [-0.39, 0.29) is 11.6 Å². The molecule has 1 nitrogen and oxygen atoms in total. The Balaban J connectivity index is 3.21. The largest absolute Gasteiger partial charge is 0.392 e. The van der Waals surface area contributed by atoms with Crippen molar-refractivity contribution >= 4 is 34.2 Å². The summed E-state index contributed by atoms with van der Waals surface area (Å²) in [6.45, 7) is -0.115. The van der Waals surface area contributed by atoms with Crippen LogP contribution in [0.15, 0.2) is 12.1 Å². The van der Waals surface area contributed by atoms with E-state index in [1.54, 1.807) is 6.07 Å². The maximum Gasteiger partial charge on any atom is 0.155 e. The normalized spacial score (nSPS) is 10.2. The zero-order valence-electron chi connectivity index (χ0n) is 5.44. The van der Waals surface area contributed by atoms with Gasteiger partial charge in [0.05, 0.1) is 15.2 Å². The highest BCUT2D eigenvalue weighted by molar-refractivity contribution is 14.1. The van der Waals surface area contributed by atoms with Gasteiger partial charge in [-0.05, 0) is 40.3 Å². The molecular formula is C7H5ClFIO. The van der Waals surface area contributed by atoms with Crippen molar-refractivity contribution in [3.63, 3.8) is 0 Å². The van der Waals surface area contributed by atoms with Gasteiger partial charge in [-0.25, -0.2) is 4.39 Å². The Morgan fingerprint density at radius 2 is 2.18 bits per heavy atom. The van der Waals surface area contributed by atoms with Crippen LogP contribution in [-0.2, 0) is 6.61 Å². The van der Waals surface area contributed by atoms with Crippen molar-refractivity contribution in [3.05, 3.63) is 32.1 Å². The molecule has 0 saturated heterocycles. The molecule has 0 amide bonds. The van der Waals surface area contributed by atoms with Crippen LogP contribution in [0.5, 0.6) is 0 Å². The van der Waals surface area contributed by atoms with Gasteiger partial charge in [0.1, 0.15) is 0 Å². The first-order valence-electron chi connectivity index (χ1n) is 2.89. The quantitative estimate of drug-likeness (QED) is 0.621. The molecule has 0 saturated carbocycles. The van der Waals surface area contributed by atoms with Gasteiger partial charge in [0.25, 0.3) is 0 Å². The van der Waals surface area contributed by atoms with Gasteiger partial charge in [0.15, 0.2) is 5.82 Å². The maximum absolute atomic E-state index is 12.8. The van der Waals surface area contributed by atoms with Crippen LogP contribution >= 0.6 is 34.2 Å². The summed E-state index contributed by atoms with van der Waals surface area (Å²) in [6, 6.07) is 2.97. The molecule has 0 aliphatic heterocycles. The molecule has 1 N–H and O–H groups in total. The zero-order valence-corrected chi connectivity index (χ0v) is 8.36. The lowest BCUT2D eigenvalue weighted by Gasteiger charge is -2.00. The molecule has 0 fully saturated rings. The van der Waals surface area contributed by atoms with Gasteiger partial charge in [-0.1, -0.05) is 11.6 Å². The summed E-state index contributed by atoms with van der Waals surface area (Å²) in [7, 11) is 0. The lowest BCUT2D eigenvalue weighted by Crippen LogP contribution is -1.89. The Kier molecular flexibility index (Phi) is 3.09. The second-order valence-electron chi connectivity index (χ2n) is 2.03. The first kappa shape index (κ1) is 9.22. The van der Waals surface area contributed by atoms with Crippen molar-refractivity contribution in [2.75, 3.05) is 0 Å². The van der Waals surface area contributed by atoms with Gasteiger partial charge in [0.2, 0.25) is 0 Å². The van der Waals surface area contributed by atoms with E-state index in [9.17, 15) is 4.39 Å². The molecule has 0 bridgehead atoms. The molecule has 0 unspecified atom stereocenters. The summed E-state index contributed by atoms with van der Waals surface area (Å²) in [6.07, 6.45) is 0. The van der Waals surface area contributed by atoms with E-state index in [2.05, 4.69) is 0 Å². The third kappa shape index (κ3) is 2.04. The van der Waals surface area contributed by atoms with Crippen LogP contribution in [0.25, 0.3) is 0 Å². The van der Waals surface area contributed by atoms with Crippen LogP contribution in [-0.4, -0.2) is 5.11 Å². The highest BCUT2D eigenvalue weighted by atomic mass is 127. The van der Waals surface area contributed by atoms with Crippen molar-refractivity contribution in [2.45, 2.75) is 6.61 Å². The van der Waals surface area contributed by atoms with Crippen molar-refractivity contribution in [1.82, 2.24) is 0 Å². The smallest absolute Gasteiger partial charge is 0.155 e. The SMILES string of the molecule is OCc1cc(Cl)c(F)c(I)c1. The fourth-order valence-corrected chi connectivity index (χ4v) is 1.79. The highest BCUT2D eigenvalue weighted by Gasteiger charge is 2.05. The Labute approximate surface area is 82.3 Å². The zero-order chi connectivity index (χ0) is 8.43. The van der Waals surface area contributed by atoms with Crippen molar-refractivity contribution in [1.29, 1.82) is 0 Å². The molecule has 60 valence electrons. The van der Waals surface area contributed by atoms with Crippen molar-refractivity contribution < 1.29 is 9.50 Å². The first-order valence-corrected chi connectivity index (χ1v) is 4.35. The fourth-order valence-electron chi connectivity index (χ4n) is 0.699. The molecule has 0 aromatic heterocycles. The van der Waals surface area contributed by atoms with Gasteiger partial charge >= 0.3 is 0 Å². The molecule has 0 atom stereocenters. The number of aliphatic hydroxyl groups is 1. The van der Waals surface area contributed by atoms with Gasteiger partial charge in [-0.3, -0.25) is 0 Å². The van der Waals surface area contributed by atoms with Gasteiger partial charge < -0.3 is 5.11 Å². The Bertz CT molecular complexity index is 254. The molecule has 0 spiro atoms. The number of rotatable bonds is 1. The van der Waals surface area contributed by atoms with E-state index in [4.69, 9.17) is 16.7 Å². The number of benzene rings is 1. The molecule has 4 heteroatoms. The van der Waals surface area contributed by atoms with Crippen molar-refractivity contribution in [3.8, 4) is 0 Å². The van der Waals surface area contributed by atoms with E-state index in [1.807, 2.05) is 22.6 Å². The number of hydrogen-bond acceptors (Lipinski definition) is 1. The lowest BCUT2D eigenvalue weighted by atomic mass is 10.2. The van der Waals surface area contributed by atoms with E-state index in [0.717, 1.165) is 0 Å². The molecule has 0 aliphatic rings. The summed E-state index contributed by atoms with van der Waals surface area (Å²) in [4.78, 5) is 0. The predicted octanol–water partition coefficient (Wildman–Crippen LogP) is 2.58. The number of halogens is 3.